The molecule has 4 N–H and O–H groups in total. The third-order valence-electron chi connectivity index (χ3n) is 12.1. The molecule has 0 spiro atoms. The first-order valence-electron chi connectivity index (χ1n) is 19.4. The molecule has 7 heteroatoms. The summed E-state index contributed by atoms with van der Waals surface area (Å²) in [4.78, 5) is 0. The monoisotopic (exact) mass is 696 g/mol. The van der Waals surface area contributed by atoms with Crippen molar-refractivity contribution in [2.45, 2.75) is 116 Å². The fraction of sp³-hybridized carbons (Fsp3) is 0.545. The van der Waals surface area contributed by atoms with Gasteiger partial charge in [-0.25, -0.2) is 0 Å². The SMILES string of the molecule is CCC1CC(C2Cc3cc(O)c(CC(C)C)cc3-c3c(OC)cc4c(c32)CC(O)C(c2ccc(O)c(OC3CCCCC3)c2)O4)C=CC1CCO. The van der Waals surface area contributed by atoms with E-state index in [0.29, 0.717) is 41.4 Å². The van der Waals surface area contributed by atoms with Crippen LogP contribution in [0.5, 0.6) is 28.7 Å². The summed E-state index contributed by atoms with van der Waals surface area (Å²) in [5, 5.41) is 43.6. The molecule has 274 valence electrons. The van der Waals surface area contributed by atoms with Crippen molar-refractivity contribution in [1.82, 2.24) is 0 Å². The minimum absolute atomic E-state index is 0.0800. The van der Waals surface area contributed by atoms with Gasteiger partial charge in [0, 0.05) is 30.2 Å². The second-order valence-corrected chi connectivity index (χ2v) is 15.9. The Hall–Kier alpha value is -3.68. The van der Waals surface area contributed by atoms with Crippen molar-refractivity contribution in [2.24, 2.45) is 23.7 Å². The van der Waals surface area contributed by atoms with Gasteiger partial charge in [0.2, 0.25) is 0 Å². The standard InChI is InChI=1S/C44H56O7/c1-5-26-18-28(12-11-27(26)15-16-45)33-19-30-21-37(47)31(17-25(2)3)20-34(30)43-41(49-4)24-39-35(42(33)43)23-38(48)44(51-39)29-13-14-36(46)40(22-29)50-32-9-7-6-8-10-32/h11-14,20-22,24-28,32-33,38,44-48H,5-10,15-19,23H2,1-4H3. The Morgan fingerprint density at radius 1 is 0.941 bits per heavy atom. The minimum atomic E-state index is -0.820. The minimum Gasteiger partial charge on any atom is -0.508 e. The molecule has 1 saturated carbocycles. The first-order chi connectivity index (χ1) is 24.7. The highest BCUT2D eigenvalue weighted by atomic mass is 16.5. The van der Waals surface area contributed by atoms with E-state index in [1.807, 2.05) is 24.3 Å². The number of aromatic hydroxyl groups is 2. The van der Waals surface area contributed by atoms with Gasteiger partial charge in [-0.1, -0.05) is 51.8 Å². The van der Waals surface area contributed by atoms with E-state index in [0.717, 1.165) is 96.9 Å². The summed E-state index contributed by atoms with van der Waals surface area (Å²) < 4.78 is 19.3. The number of hydrogen-bond acceptors (Lipinski definition) is 7. The number of rotatable bonds is 10. The van der Waals surface area contributed by atoms with Gasteiger partial charge in [0.15, 0.2) is 11.5 Å². The van der Waals surface area contributed by atoms with Crippen LogP contribution < -0.4 is 14.2 Å². The van der Waals surface area contributed by atoms with E-state index in [-0.39, 0.29) is 30.3 Å². The van der Waals surface area contributed by atoms with Crippen molar-refractivity contribution < 1.29 is 34.6 Å². The van der Waals surface area contributed by atoms with Gasteiger partial charge in [0.25, 0.3) is 0 Å². The molecule has 1 aliphatic heterocycles. The highest BCUT2D eigenvalue weighted by molar-refractivity contribution is 5.83. The van der Waals surface area contributed by atoms with Gasteiger partial charge in [0.1, 0.15) is 23.4 Å². The summed E-state index contributed by atoms with van der Waals surface area (Å²) in [6, 6.07) is 11.4. The van der Waals surface area contributed by atoms with Gasteiger partial charge in [0.05, 0.1) is 19.3 Å². The second kappa shape index (κ2) is 15.1. The van der Waals surface area contributed by atoms with Gasteiger partial charge in [-0.15, -0.1) is 0 Å². The highest BCUT2D eigenvalue weighted by Gasteiger charge is 2.41. The van der Waals surface area contributed by atoms with Crippen LogP contribution in [0.15, 0.2) is 48.6 Å². The molecular formula is C44H56O7. The first-order valence-corrected chi connectivity index (χ1v) is 19.4. The van der Waals surface area contributed by atoms with Gasteiger partial charge in [-0.2, -0.15) is 0 Å². The topological polar surface area (TPSA) is 109 Å². The fourth-order valence-corrected chi connectivity index (χ4v) is 9.52. The molecule has 3 aliphatic carbocycles. The predicted octanol–water partition coefficient (Wildman–Crippen LogP) is 8.96. The molecule has 3 aromatic rings. The lowest BCUT2D eigenvalue weighted by Crippen LogP contribution is -2.33. The molecular weight excluding hydrogens is 640 g/mol. The van der Waals surface area contributed by atoms with E-state index in [1.54, 1.807) is 13.2 Å². The summed E-state index contributed by atoms with van der Waals surface area (Å²) in [5.74, 6) is 3.85. The lowest BCUT2D eigenvalue weighted by Gasteiger charge is -2.42. The quantitative estimate of drug-likeness (QED) is 0.157. The maximum Gasteiger partial charge on any atom is 0.161 e. The Morgan fingerprint density at radius 3 is 2.47 bits per heavy atom. The molecule has 6 atom stereocenters. The Bertz CT molecular complexity index is 1740. The number of hydrogen-bond donors (Lipinski definition) is 4. The van der Waals surface area contributed by atoms with E-state index < -0.39 is 12.2 Å². The second-order valence-electron chi connectivity index (χ2n) is 15.9. The van der Waals surface area contributed by atoms with Crippen molar-refractivity contribution in [3.05, 3.63) is 76.4 Å². The van der Waals surface area contributed by atoms with E-state index in [1.165, 1.54) is 12.0 Å². The van der Waals surface area contributed by atoms with Gasteiger partial charge in [-0.05, 0) is 133 Å². The van der Waals surface area contributed by atoms with Crippen LogP contribution in [0.2, 0.25) is 0 Å². The number of phenols is 2. The lowest BCUT2D eigenvalue weighted by molar-refractivity contribution is 0.0198. The van der Waals surface area contributed by atoms with E-state index in [2.05, 4.69) is 39.0 Å². The molecule has 0 saturated heterocycles. The largest absolute Gasteiger partial charge is 0.508 e. The molecule has 1 heterocycles. The number of methoxy groups -OCH3 is 1. The number of phenolic OH excluding ortho intramolecular Hbond substituents is 2. The molecule has 0 aromatic heterocycles. The normalized spacial score (nSPS) is 25.9. The number of aliphatic hydroxyl groups is 2. The summed E-state index contributed by atoms with van der Waals surface area (Å²) >= 11 is 0. The molecule has 7 nitrogen and oxygen atoms in total. The third-order valence-corrected chi connectivity index (χ3v) is 12.1. The number of fused-ring (bicyclic) bond motifs is 5. The van der Waals surface area contributed by atoms with Crippen LogP contribution in [0.1, 0.15) is 112 Å². The van der Waals surface area contributed by atoms with E-state index in [9.17, 15) is 20.4 Å². The van der Waals surface area contributed by atoms with E-state index in [4.69, 9.17) is 14.2 Å². The molecule has 0 bridgehead atoms. The molecule has 1 fully saturated rings. The van der Waals surface area contributed by atoms with Crippen molar-refractivity contribution in [1.29, 1.82) is 0 Å². The maximum atomic E-state index is 11.9. The Kier molecular flexibility index (Phi) is 10.6. The lowest BCUT2D eigenvalue weighted by atomic mass is 9.65. The Balaban J connectivity index is 1.32. The molecule has 51 heavy (non-hydrogen) atoms. The van der Waals surface area contributed by atoms with Crippen molar-refractivity contribution >= 4 is 0 Å². The number of benzene rings is 3. The maximum absolute atomic E-state index is 11.9. The Labute approximate surface area is 303 Å². The van der Waals surface area contributed by atoms with Gasteiger partial charge < -0.3 is 34.6 Å². The first kappa shape index (κ1) is 35.7. The van der Waals surface area contributed by atoms with Crippen molar-refractivity contribution in [3.63, 3.8) is 0 Å². The van der Waals surface area contributed by atoms with Gasteiger partial charge in [-0.3, -0.25) is 0 Å². The zero-order valence-electron chi connectivity index (χ0n) is 30.7. The zero-order chi connectivity index (χ0) is 35.8. The third kappa shape index (κ3) is 7.09. The summed E-state index contributed by atoms with van der Waals surface area (Å²) in [5.41, 5.74) is 7.11. The number of aliphatic hydroxyl groups excluding tert-OH is 2. The fourth-order valence-electron chi connectivity index (χ4n) is 9.52. The molecule has 0 amide bonds. The summed E-state index contributed by atoms with van der Waals surface area (Å²) in [6.45, 7) is 6.76. The van der Waals surface area contributed by atoms with Gasteiger partial charge >= 0.3 is 0 Å². The summed E-state index contributed by atoms with van der Waals surface area (Å²) in [6.07, 6.45) is 13.5. The van der Waals surface area contributed by atoms with Crippen LogP contribution >= 0.6 is 0 Å². The van der Waals surface area contributed by atoms with E-state index >= 15 is 0 Å². The average molecular weight is 697 g/mol. The van der Waals surface area contributed by atoms with Crippen LogP contribution in [-0.4, -0.2) is 46.4 Å². The van der Waals surface area contributed by atoms with Crippen LogP contribution in [0.3, 0.4) is 0 Å². The summed E-state index contributed by atoms with van der Waals surface area (Å²) in [7, 11) is 1.71. The van der Waals surface area contributed by atoms with Crippen LogP contribution in [-0.2, 0) is 19.3 Å². The molecule has 4 aliphatic rings. The molecule has 7 rings (SSSR count). The van der Waals surface area contributed by atoms with Crippen LogP contribution in [0.25, 0.3) is 11.1 Å². The van der Waals surface area contributed by atoms with Crippen molar-refractivity contribution in [2.75, 3.05) is 13.7 Å². The number of ether oxygens (including phenoxy) is 3. The van der Waals surface area contributed by atoms with Crippen molar-refractivity contribution in [3.8, 4) is 39.9 Å². The smallest absolute Gasteiger partial charge is 0.161 e. The van der Waals surface area contributed by atoms with Crippen LogP contribution in [0.4, 0.5) is 0 Å². The highest BCUT2D eigenvalue weighted by Crippen LogP contribution is 2.56. The van der Waals surface area contributed by atoms with Crippen LogP contribution in [0, 0.1) is 23.7 Å². The number of allylic oxidation sites excluding steroid dienone is 2. The molecule has 3 aromatic carbocycles. The molecule has 6 unspecified atom stereocenters. The molecule has 0 radical (unpaired) electrons. The predicted molar refractivity (Wildman–Crippen MR) is 200 cm³/mol. The Morgan fingerprint density at radius 2 is 1.75 bits per heavy atom. The average Bonchev–Trinajstić information content (AvgIpc) is 3.12. The zero-order valence-corrected chi connectivity index (χ0v) is 30.7.